The van der Waals surface area contributed by atoms with E-state index in [-0.39, 0.29) is 5.92 Å². The molecule has 0 aliphatic rings. The Labute approximate surface area is 117 Å². The largest absolute Gasteiger partial charge is 0.136 e. The monoisotopic (exact) mass is 316 g/mol. The molecule has 3 heteroatoms. The van der Waals surface area contributed by atoms with Gasteiger partial charge in [-0.3, -0.25) is 0 Å². The quantitative estimate of drug-likeness (QED) is 0.341. The maximum absolute atomic E-state index is 5.08. The molecule has 0 aliphatic heterocycles. The van der Waals surface area contributed by atoms with Gasteiger partial charge in [-0.05, 0) is 30.4 Å². The first kappa shape index (κ1) is 14.2. The minimum atomic E-state index is 0.259. The lowest BCUT2D eigenvalue weighted by molar-refractivity contribution is 0.805. The molecule has 1 aromatic rings. The van der Waals surface area contributed by atoms with E-state index in [1.807, 2.05) is 0 Å². The van der Waals surface area contributed by atoms with Gasteiger partial charge in [-0.25, -0.2) is 0 Å². The third-order valence-electron chi connectivity index (χ3n) is 2.70. The van der Waals surface area contributed by atoms with Crippen molar-refractivity contribution in [3.63, 3.8) is 0 Å². The summed E-state index contributed by atoms with van der Waals surface area (Å²) in [6, 6.07) is 8.73. The second-order valence-corrected chi connectivity index (χ2v) is 5.96. The highest BCUT2D eigenvalue weighted by atomic mass is 79.9. The third-order valence-corrected chi connectivity index (χ3v) is 4.00. The number of hydrogen-bond donors (Lipinski definition) is 1. The number of aryl methyl sites for hydroxylation is 1. The summed E-state index contributed by atoms with van der Waals surface area (Å²) in [5, 5.41) is 1.09. The predicted octanol–water partition coefficient (Wildman–Crippen LogP) is 4.76. The molecule has 0 nitrogen and oxygen atoms in total. The van der Waals surface area contributed by atoms with Gasteiger partial charge in [0.15, 0.2) is 0 Å². The molecule has 88 valence electrons. The van der Waals surface area contributed by atoms with E-state index in [2.05, 4.69) is 59.7 Å². The lowest BCUT2D eigenvalue weighted by Gasteiger charge is -2.10. The van der Waals surface area contributed by atoms with Crippen molar-refractivity contribution in [1.29, 1.82) is 0 Å². The summed E-state index contributed by atoms with van der Waals surface area (Å²) in [5.41, 5.74) is 2.66. The van der Waals surface area contributed by atoms with Crippen LogP contribution in [0.25, 0.3) is 0 Å². The zero-order valence-corrected chi connectivity index (χ0v) is 12.7. The molecule has 0 amide bonds. The Kier molecular flexibility index (Phi) is 6.62. The maximum Gasteiger partial charge on any atom is 0.0520 e. The Morgan fingerprint density at radius 2 is 1.94 bits per heavy atom. The fraction of sp³-hybridized carbons (Fsp3) is 0.462. The molecule has 0 radical (unpaired) electrons. The molecule has 1 aromatic carbocycles. The van der Waals surface area contributed by atoms with Crippen LogP contribution in [0.15, 0.2) is 24.3 Å². The van der Waals surface area contributed by atoms with E-state index in [0.717, 1.165) is 15.9 Å². The van der Waals surface area contributed by atoms with Crippen LogP contribution in [0.2, 0.25) is 0 Å². The van der Waals surface area contributed by atoms with E-state index in [4.69, 9.17) is 12.2 Å². The Bertz CT molecular complexity index is 332. The van der Waals surface area contributed by atoms with Gasteiger partial charge in [0.1, 0.15) is 0 Å². The van der Waals surface area contributed by atoms with Gasteiger partial charge in [0.25, 0.3) is 0 Å². The van der Waals surface area contributed by atoms with Crippen molar-refractivity contribution < 1.29 is 0 Å². The minimum Gasteiger partial charge on any atom is -0.136 e. The summed E-state index contributed by atoms with van der Waals surface area (Å²) < 4.78 is 0.757. The van der Waals surface area contributed by atoms with Crippen LogP contribution in [0.5, 0.6) is 0 Å². The molecule has 1 unspecified atom stereocenters. The molecule has 0 spiro atoms. The molecule has 0 aromatic heterocycles. The molecule has 16 heavy (non-hydrogen) atoms. The molecule has 0 fully saturated rings. The smallest absolute Gasteiger partial charge is 0.0520 e. The standard InChI is InChI=1S/C13H17BrS2/c1-10(13(15)16)12-7-5-11(6-8-12)4-2-3-9-14/h5-8,10H,2-4,9H2,1H3,(H,15,16). The Balaban J connectivity index is 2.57. The summed E-state index contributed by atoms with van der Waals surface area (Å²) >= 11 is 12.8. The van der Waals surface area contributed by atoms with Crippen LogP contribution in [0.1, 0.15) is 36.8 Å². The highest BCUT2D eigenvalue weighted by molar-refractivity contribution is 9.09. The first-order valence-electron chi connectivity index (χ1n) is 5.52. The first-order chi connectivity index (χ1) is 7.65. The second kappa shape index (κ2) is 7.46. The lowest BCUT2D eigenvalue weighted by atomic mass is 10.00. The van der Waals surface area contributed by atoms with Crippen molar-refractivity contribution in [2.45, 2.75) is 32.1 Å². The summed E-state index contributed by atoms with van der Waals surface area (Å²) in [6.07, 6.45) is 3.63. The number of alkyl halides is 1. The summed E-state index contributed by atoms with van der Waals surface area (Å²) in [7, 11) is 0. The van der Waals surface area contributed by atoms with Crippen molar-refractivity contribution in [2.75, 3.05) is 5.33 Å². The van der Waals surface area contributed by atoms with Gasteiger partial charge >= 0.3 is 0 Å². The summed E-state index contributed by atoms with van der Waals surface area (Å²) in [6.45, 7) is 2.09. The molecule has 0 bridgehead atoms. The summed E-state index contributed by atoms with van der Waals surface area (Å²) in [5.74, 6) is 0.259. The molecular formula is C13H17BrS2. The van der Waals surface area contributed by atoms with E-state index < -0.39 is 0 Å². The van der Waals surface area contributed by atoms with Crippen LogP contribution in [-0.2, 0) is 6.42 Å². The third kappa shape index (κ3) is 4.56. The van der Waals surface area contributed by atoms with Gasteiger partial charge in [-0.15, -0.1) is 12.6 Å². The number of benzene rings is 1. The molecule has 0 heterocycles. The maximum atomic E-state index is 5.08. The SMILES string of the molecule is CC(C(=S)S)c1ccc(CCCCBr)cc1. The predicted molar refractivity (Wildman–Crippen MR) is 83.2 cm³/mol. The zero-order chi connectivity index (χ0) is 12.0. The van der Waals surface area contributed by atoms with Crippen molar-refractivity contribution in [2.24, 2.45) is 0 Å². The number of hydrogen-bond acceptors (Lipinski definition) is 1. The Hall–Kier alpha value is 0.140. The lowest BCUT2D eigenvalue weighted by Crippen LogP contribution is -1.99. The first-order valence-corrected chi connectivity index (χ1v) is 7.50. The van der Waals surface area contributed by atoms with Crippen LogP contribution in [0.3, 0.4) is 0 Å². The fourth-order valence-corrected chi connectivity index (χ4v) is 2.22. The molecule has 0 saturated carbocycles. The number of rotatable bonds is 6. The average Bonchev–Trinajstić information content (AvgIpc) is 2.29. The molecule has 0 aliphatic carbocycles. The molecule has 1 rings (SSSR count). The molecular weight excluding hydrogens is 300 g/mol. The van der Waals surface area contributed by atoms with Crippen molar-refractivity contribution in [3.05, 3.63) is 35.4 Å². The van der Waals surface area contributed by atoms with E-state index in [0.29, 0.717) is 0 Å². The van der Waals surface area contributed by atoms with Gasteiger partial charge in [0, 0.05) is 11.2 Å². The Morgan fingerprint density at radius 1 is 1.31 bits per heavy atom. The van der Waals surface area contributed by atoms with E-state index in [1.165, 1.54) is 24.0 Å². The summed E-state index contributed by atoms with van der Waals surface area (Å²) in [4.78, 5) is 0. The second-order valence-electron chi connectivity index (χ2n) is 3.95. The fourth-order valence-electron chi connectivity index (χ4n) is 1.54. The molecule has 0 saturated heterocycles. The van der Waals surface area contributed by atoms with Crippen molar-refractivity contribution in [1.82, 2.24) is 0 Å². The highest BCUT2D eigenvalue weighted by Crippen LogP contribution is 2.20. The molecule has 0 N–H and O–H groups in total. The van der Waals surface area contributed by atoms with Crippen molar-refractivity contribution >= 4 is 45.0 Å². The normalized spacial score (nSPS) is 12.4. The van der Waals surface area contributed by atoms with Gasteiger partial charge in [0.2, 0.25) is 0 Å². The van der Waals surface area contributed by atoms with Gasteiger partial charge in [0.05, 0.1) is 4.20 Å². The van der Waals surface area contributed by atoms with Crippen LogP contribution in [0.4, 0.5) is 0 Å². The Morgan fingerprint density at radius 3 is 2.44 bits per heavy atom. The number of halogens is 1. The highest BCUT2D eigenvalue weighted by Gasteiger charge is 2.07. The van der Waals surface area contributed by atoms with Crippen LogP contribution < -0.4 is 0 Å². The van der Waals surface area contributed by atoms with E-state index in [9.17, 15) is 0 Å². The number of thiocarbonyl (C=S) groups is 1. The van der Waals surface area contributed by atoms with Crippen LogP contribution in [-0.4, -0.2) is 9.53 Å². The van der Waals surface area contributed by atoms with Gasteiger partial charge in [-0.1, -0.05) is 59.3 Å². The average molecular weight is 317 g/mol. The minimum absolute atomic E-state index is 0.259. The van der Waals surface area contributed by atoms with Crippen LogP contribution >= 0.6 is 40.8 Å². The molecule has 1 atom stereocenters. The van der Waals surface area contributed by atoms with E-state index in [1.54, 1.807) is 0 Å². The number of unbranched alkanes of at least 4 members (excludes halogenated alkanes) is 1. The zero-order valence-electron chi connectivity index (χ0n) is 9.45. The number of thiol groups is 1. The van der Waals surface area contributed by atoms with Gasteiger partial charge < -0.3 is 0 Å². The van der Waals surface area contributed by atoms with Crippen LogP contribution in [0, 0.1) is 0 Å². The van der Waals surface area contributed by atoms with Crippen molar-refractivity contribution in [3.8, 4) is 0 Å². The van der Waals surface area contributed by atoms with Gasteiger partial charge in [-0.2, -0.15) is 0 Å². The van der Waals surface area contributed by atoms with E-state index >= 15 is 0 Å². The topological polar surface area (TPSA) is 0 Å².